The van der Waals surface area contributed by atoms with Crippen molar-refractivity contribution in [1.82, 2.24) is 0 Å². The van der Waals surface area contributed by atoms with E-state index in [1.807, 2.05) is 6.07 Å². The molecule has 0 N–H and O–H groups in total. The number of para-hydroxylation sites is 1. The molecule has 1 saturated heterocycles. The summed E-state index contributed by atoms with van der Waals surface area (Å²) in [5.41, 5.74) is 0. The Morgan fingerprint density at radius 3 is 2.69 bits per heavy atom. The summed E-state index contributed by atoms with van der Waals surface area (Å²) in [6, 6.07) is 8.76. The summed E-state index contributed by atoms with van der Waals surface area (Å²) in [5.74, 6) is 0.444. The van der Waals surface area contributed by atoms with E-state index in [0.717, 1.165) is 0 Å². The van der Waals surface area contributed by atoms with Crippen molar-refractivity contribution in [2.75, 3.05) is 13.2 Å². The molecule has 1 aromatic rings. The van der Waals surface area contributed by atoms with E-state index in [1.54, 1.807) is 31.2 Å². The van der Waals surface area contributed by atoms with Crippen molar-refractivity contribution in [2.24, 2.45) is 0 Å². The van der Waals surface area contributed by atoms with Crippen LogP contribution < -0.4 is 4.52 Å². The molecule has 2 unspecified atom stereocenters. The smallest absolute Gasteiger partial charge is 0.404 e. The number of epoxide rings is 1. The molecule has 0 aliphatic carbocycles. The molecular formula is C10H13O5P. The zero-order valence-electron chi connectivity index (χ0n) is 8.87. The molecule has 0 bridgehead atoms. The van der Waals surface area contributed by atoms with Gasteiger partial charge in [0, 0.05) is 0 Å². The first-order chi connectivity index (χ1) is 7.72. The van der Waals surface area contributed by atoms with Crippen LogP contribution in [0.15, 0.2) is 30.3 Å². The van der Waals surface area contributed by atoms with Crippen molar-refractivity contribution in [3.8, 4) is 5.75 Å². The van der Waals surface area contributed by atoms with Gasteiger partial charge in [0.15, 0.2) is 6.29 Å². The van der Waals surface area contributed by atoms with Crippen LogP contribution in [0.3, 0.4) is 0 Å². The minimum absolute atomic E-state index is 0.247. The Morgan fingerprint density at radius 1 is 1.44 bits per heavy atom. The number of phosphoric acid groups is 1. The number of phosphoric ester groups is 1. The van der Waals surface area contributed by atoms with E-state index in [0.29, 0.717) is 12.4 Å². The van der Waals surface area contributed by atoms with Crippen LogP contribution in [0.5, 0.6) is 5.75 Å². The van der Waals surface area contributed by atoms with E-state index in [2.05, 4.69) is 0 Å². The first kappa shape index (κ1) is 11.6. The molecule has 6 heteroatoms. The second kappa shape index (κ2) is 4.97. The maximum Gasteiger partial charge on any atom is 0.532 e. The SMILES string of the molecule is CCOP(=O)(Oc1ccccc1)OC1CO1. The molecule has 1 fully saturated rings. The number of rotatable bonds is 6. The molecule has 0 amide bonds. The van der Waals surface area contributed by atoms with Crippen LogP contribution in [0.4, 0.5) is 0 Å². The van der Waals surface area contributed by atoms with Crippen LogP contribution >= 0.6 is 7.82 Å². The average molecular weight is 244 g/mol. The number of benzene rings is 1. The van der Waals surface area contributed by atoms with Gasteiger partial charge in [-0.25, -0.2) is 9.09 Å². The van der Waals surface area contributed by atoms with Gasteiger partial charge in [-0.05, 0) is 19.1 Å². The average Bonchev–Trinajstić information content (AvgIpc) is 3.03. The maximum atomic E-state index is 12.1. The Hall–Kier alpha value is -0.870. The van der Waals surface area contributed by atoms with E-state index in [4.69, 9.17) is 18.3 Å². The number of hydrogen-bond acceptors (Lipinski definition) is 5. The molecule has 88 valence electrons. The third-order valence-corrected chi connectivity index (χ3v) is 3.30. The molecular weight excluding hydrogens is 231 g/mol. The summed E-state index contributed by atoms with van der Waals surface area (Å²) in [7, 11) is -3.56. The van der Waals surface area contributed by atoms with E-state index in [9.17, 15) is 4.57 Å². The Kier molecular flexibility index (Phi) is 3.61. The lowest BCUT2D eigenvalue weighted by molar-refractivity contribution is 0.106. The zero-order valence-corrected chi connectivity index (χ0v) is 9.76. The van der Waals surface area contributed by atoms with Crippen molar-refractivity contribution in [3.05, 3.63) is 30.3 Å². The fraction of sp³-hybridized carbons (Fsp3) is 0.400. The van der Waals surface area contributed by atoms with E-state index < -0.39 is 14.1 Å². The van der Waals surface area contributed by atoms with Gasteiger partial charge in [-0.2, -0.15) is 0 Å². The monoisotopic (exact) mass is 244 g/mol. The van der Waals surface area contributed by atoms with E-state index >= 15 is 0 Å². The molecule has 5 nitrogen and oxygen atoms in total. The Bertz CT molecular complexity index is 376. The first-order valence-electron chi connectivity index (χ1n) is 5.01. The number of hydrogen-bond donors (Lipinski definition) is 0. The lowest BCUT2D eigenvalue weighted by Gasteiger charge is -2.16. The predicted molar refractivity (Wildman–Crippen MR) is 57.1 cm³/mol. The Balaban J connectivity index is 2.03. The number of ether oxygens (including phenoxy) is 1. The summed E-state index contributed by atoms with van der Waals surface area (Å²) in [6.07, 6.45) is -0.471. The third-order valence-electron chi connectivity index (χ3n) is 1.80. The standard InChI is InChI=1S/C10H13O5P/c1-2-13-16(11,15-10-8-12-10)14-9-6-4-3-5-7-9/h3-7,10H,2,8H2,1H3. The second-order valence-electron chi connectivity index (χ2n) is 3.14. The van der Waals surface area contributed by atoms with Crippen LogP contribution in [-0.4, -0.2) is 19.5 Å². The van der Waals surface area contributed by atoms with Crippen molar-refractivity contribution in [1.29, 1.82) is 0 Å². The normalized spacial score (nSPS) is 22.4. The summed E-state index contributed by atoms with van der Waals surface area (Å²) in [5, 5.41) is 0. The molecule has 0 aromatic heterocycles. The van der Waals surface area contributed by atoms with Gasteiger partial charge in [-0.15, -0.1) is 0 Å². The van der Waals surface area contributed by atoms with Crippen molar-refractivity contribution in [3.63, 3.8) is 0 Å². The van der Waals surface area contributed by atoms with Gasteiger partial charge >= 0.3 is 7.82 Å². The molecule has 2 atom stereocenters. The van der Waals surface area contributed by atoms with Crippen molar-refractivity contribution >= 4 is 7.82 Å². The van der Waals surface area contributed by atoms with Crippen LogP contribution in [0.1, 0.15) is 6.92 Å². The fourth-order valence-electron chi connectivity index (χ4n) is 1.09. The highest BCUT2D eigenvalue weighted by Crippen LogP contribution is 2.51. The third kappa shape index (κ3) is 3.32. The van der Waals surface area contributed by atoms with Crippen LogP contribution in [0.25, 0.3) is 0 Å². The first-order valence-corrected chi connectivity index (χ1v) is 6.47. The zero-order chi connectivity index (χ0) is 11.4. The van der Waals surface area contributed by atoms with Gasteiger partial charge < -0.3 is 9.26 Å². The van der Waals surface area contributed by atoms with Gasteiger partial charge in [0.2, 0.25) is 0 Å². The minimum Gasteiger partial charge on any atom is -0.404 e. The maximum absolute atomic E-state index is 12.1. The quantitative estimate of drug-likeness (QED) is 0.568. The van der Waals surface area contributed by atoms with Crippen LogP contribution in [0, 0.1) is 0 Å². The molecule has 1 aromatic carbocycles. The largest absolute Gasteiger partial charge is 0.532 e. The van der Waals surface area contributed by atoms with E-state index in [1.165, 1.54) is 0 Å². The van der Waals surface area contributed by atoms with Gasteiger partial charge in [-0.3, -0.25) is 4.52 Å². The molecule has 1 aliphatic heterocycles. The molecule has 2 rings (SSSR count). The summed E-state index contributed by atoms with van der Waals surface area (Å²) < 4.78 is 32.2. The van der Waals surface area contributed by atoms with E-state index in [-0.39, 0.29) is 6.61 Å². The molecule has 16 heavy (non-hydrogen) atoms. The lowest BCUT2D eigenvalue weighted by Crippen LogP contribution is -2.04. The lowest BCUT2D eigenvalue weighted by atomic mass is 10.3. The molecule has 0 saturated carbocycles. The summed E-state index contributed by atoms with van der Waals surface area (Å²) in [6.45, 7) is 2.39. The summed E-state index contributed by atoms with van der Waals surface area (Å²) in [4.78, 5) is 0. The highest BCUT2D eigenvalue weighted by atomic mass is 31.2. The van der Waals surface area contributed by atoms with Gasteiger partial charge in [-0.1, -0.05) is 18.2 Å². The van der Waals surface area contributed by atoms with Gasteiger partial charge in [0.1, 0.15) is 12.4 Å². The second-order valence-corrected chi connectivity index (χ2v) is 4.68. The Labute approximate surface area is 93.9 Å². The van der Waals surface area contributed by atoms with Crippen LogP contribution in [0.2, 0.25) is 0 Å². The summed E-state index contributed by atoms with van der Waals surface area (Å²) >= 11 is 0. The molecule has 0 radical (unpaired) electrons. The fourth-order valence-corrected chi connectivity index (χ4v) is 2.35. The van der Waals surface area contributed by atoms with Gasteiger partial charge in [0.25, 0.3) is 0 Å². The molecule has 1 aliphatic rings. The van der Waals surface area contributed by atoms with Gasteiger partial charge in [0.05, 0.1) is 6.61 Å². The highest BCUT2D eigenvalue weighted by molar-refractivity contribution is 7.48. The highest BCUT2D eigenvalue weighted by Gasteiger charge is 2.38. The van der Waals surface area contributed by atoms with Crippen molar-refractivity contribution < 1.29 is 22.9 Å². The molecule has 0 spiro atoms. The predicted octanol–water partition coefficient (Wildman–Crippen LogP) is 2.58. The molecule has 1 heterocycles. The minimum atomic E-state index is -3.56. The topological polar surface area (TPSA) is 57.3 Å². The van der Waals surface area contributed by atoms with Crippen molar-refractivity contribution in [2.45, 2.75) is 13.2 Å². The van der Waals surface area contributed by atoms with Crippen LogP contribution in [-0.2, 0) is 18.3 Å². The Morgan fingerprint density at radius 2 is 2.12 bits per heavy atom.